The Hall–Kier alpha value is -3.34. The minimum atomic E-state index is -4.74. The van der Waals surface area contributed by atoms with Crippen molar-refractivity contribution in [2.75, 3.05) is 26.2 Å². The lowest BCUT2D eigenvalue weighted by atomic mass is 10.0. The van der Waals surface area contributed by atoms with Crippen LogP contribution < -0.4 is 10.9 Å². The van der Waals surface area contributed by atoms with Gasteiger partial charge in [0.2, 0.25) is 17.7 Å². The van der Waals surface area contributed by atoms with E-state index in [1.54, 1.807) is 4.90 Å². The third-order valence-electron chi connectivity index (χ3n) is 5.90. The van der Waals surface area contributed by atoms with Crippen LogP contribution in [0.4, 0.5) is 13.2 Å². The van der Waals surface area contributed by atoms with Gasteiger partial charge in [-0.15, -0.1) is 0 Å². The second kappa shape index (κ2) is 11.6. The summed E-state index contributed by atoms with van der Waals surface area (Å²) in [6, 6.07) is 9.17. The molecular weight excluding hydrogens is 501 g/mol. The van der Waals surface area contributed by atoms with Gasteiger partial charge in [0.1, 0.15) is 11.6 Å². The van der Waals surface area contributed by atoms with Crippen LogP contribution in [0.1, 0.15) is 36.9 Å². The summed E-state index contributed by atoms with van der Waals surface area (Å²) in [5.41, 5.74) is -1.26. The molecule has 1 aromatic heterocycles. The number of amides is 3. The minimum Gasteiger partial charge on any atom is -0.354 e. The predicted octanol–water partition coefficient (Wildman–Crippen LogP) is 2.85. The third kappa shape index (κ3) is 6.87. The smallest absolute Gasteiger partial charge is 0.354 e. The van der Waals surface area contributed by atoms with Crippen molar-refractivity contribution in [1.82, 2.24) is 19.7 Å². The lowest BCUT2D eigenvalue weighted by molar-refractivity contribution is -0.139. The molecule has 194 valence electrons. The first-order valence-corrected chi connectivity index (χ1v) is 11.7. The number of halogens is 4. The van der Waals surface area contributed by atoms with E-state index in [-0.39, 0.29) is 44.4 Å². The highest BCUT2D eigenvalue weighted by atomic mass is 35.5. The van der Waals surface area contributed by atoms with Crippen molar-refractivity contribution < 1.29 is 27.6 Å². The standard InChI is InChI=1S/C24H26ClF3N4O4/c1-16(33)32-10-5-9-30(11-8-29-21(34)13-20(32)17-6-3-2-4-7-17)22(35)15-31-14-18(24(26,27)28)12-19(25)23(31)36/h2-4,6-7,12,14,20H,5,8-11,13,15H2,1H3,(H,29,34). The summed E-state index contributed by atoms with van der Waals surface area (Å²) < 4.78 is 40.1. The van der Waals surface area contributed by atoms with Crippen molar-refractivity contribution in [3.05, 3.63) is 69.1 Å². The number of alkyl halides is 3. The molecule has 3 rings (SSSR count). The molecule has 0 radical (unpaired) electrons. The van der Waals surface area contributed by atoms with Crippen molar-refractivity contribution in [2.24, 2.45) is 0 Å². The van der Waals surface area contributed by atoms with Gasteiger partial charge in [0, 0.05) is 39.3 Å². The summed E-state index contributed by atoms with van der Waals surface area (Å²) in [5.74, 6) is -1.17. The number of hydrogen-bond donors (Lipinski definition) is 1. The normalized spacial score (nSPS) is 17.8. The fourth-order valence-electron chi connectivity index (χ4n) is 4.10. The van der Waals surface area contributed by atoms with Crippen molar-refractivity contribution in [2.45, 2.75) is 38.5 Å². The molecule has 1 fully saturated rings. The minimum absolute atomic E-state index is 0.0374. The maximum atomic E-state index is 13.1. The van der Waals surface area contributed by atoms with E-state index in [0.29, 0.717) is 23.3 Å². The molecule has 1 saturated heterocycles. The van der Waals surface area contributed by atoms with Gasteiger partial charge in [-0.3, -0.25) is 19.2 Å². The molecule has 2 aromatic rings. The van der Waals surface area contributed by atoms with Gasteiger partial charge in [-0.05, 0) is 18.1 Å². The number of benzene rings is 1. The first kappa shape index (κ1) is 27.3. The molecule has 1 atom stereocenters. The van der Waals surface area contributed by atoms with Gasteiger partial charge in [0.05, 0.1) is 18.0 Å². The summed E-state index contributed by atoms with van der Waals surface area (Å²) in [6.07, 6.45) is -3.79. The van der Waals surface area contributed by atoms with E-state index in [1.807, 2.05) is 30.3 Å². The van der Waals surface area contributed by atoms with E-state index in [1.165, 1.54) is 11.8 Å². The van der Waals surface area contributed by atoms with Gasteiger partial charge < -0.3 is 19.7 Å². The van der Waals surface area contributed by atoms with Gasteiger partial charge >= 0.3 is 6.18 Å². The van der Waals surface area contributed by atoms with Crippen LogP contribution >= 0.6 is 11.6 Å². The fourth-order valence-corrected chi connectivity index (χ4v) is 4.33. The zero-order chi connectivity index (χ0) is 26.5. The summed E-state index contributed by atoms with van der Waals surface area (Å²) in [7, 11) is 0. The molecule has 3 amide bonds. The number of hydrogen-bond acceptors (Lipinski definition) is 4. The van der Waals surface area contributed by atoms with Crippen LogP contribution in [0, 0.1) is 0 Å². The first-order chi connectivity index (χ1) is 17.0. The second-order valence-corrected chi connectivity index (χ2v) is 8.84. The maximum absolute atomic E-state index is 13.1. The average Bonchev–Trinajstić information content (AvgIpc) is 2.85. The fraction of sp³-hybridized carbons (Fsp3) is 0.417. The number of carbonyl (C=O) groups excluding carboxylic acids is 3. The maximum Gasteiger partial charge on any atom is 0.417 e. The van der Waals surface area contributed by atoms with Gasteiger partial charge in [-0.2, -0.15) is 13.2 Å². The topological polar surface area (TPSA) is 91.7 Å². The number of nitrogens with one attached hydrogen (secondary N) is 1. The highest BCUT2D eigenvalue weighted by Crippen LogP contribution is 2.29. The van der Waals surface area contributed by atoms with Crippen LogP contribution in [0.15, 0.2) is 47.4 Å². The largest absolute Gasteiger partial charge is 0.417 e. The average molecular weight is 527 g/mol. The first-order valence-electron chi connectivity index (χ1n) is 11.3. The van der Waals surface area contributed by atoms with Crippen LogP contribution in [0.3, 0.4) is 0 Å². The molecule has 0 aliphatic carbocycles. The molecule has 1 aliphatic rings. The van der Waals surface area contributed by atoms with Crippen LogP contribution in [-0.2, 0) is 27.1 Å². The summed E-state index contributed by atoms with van der Waals surface area (Å²) in [4.78, 5) is 53.2. The summed E-state index contributed by atoms with van der Waals surface area (Å²) in [5, 5.41) is 2.08. The van der Waals surface area contributed by atoms with E-state index in [9.17, 15) is 32.3 Å². The van der Waals surface area contributed by atoms with E-state index in [0.717, 1.165) is 5.56 Å². The Balaban J connectivity index is 1.80. The Labute approximate surface area is 210 Å². The SMILES string of the molecule is CC(=O)N1CCCN(C(=O)Cn2cc(C(F)(F)F)cc(Cl)c2=O)CCNC(=O)CC1c1ccccc1. The molecule has 1 aliphatic heterocycles. The van der Waals surface area contributed by atoms with E-state index in [4.69, 9.17) is 11.6 Å². The third-order valence-corrected chi connectivity index (χ3v) is 6.17. The van der Waals surface area contributed by atoms with E-state index >= 15 is 0 Å². The molecule has 0 spiro atoms. The zero-order valence-electron chi connectivity index (χ0n) is 19.6. The van der Waals surface area contributed by atoms with Crippen LogP contribution in [0.5, 0.6) is 0 Å². The van der Waals surface area contributed by atoms with Gasteiger partial charge in [0.15, 0.2) is 0 Å². The van der Waals surface area contributed by atoms with Crippen molar-refractivity contribution in [3.8, 4) is 0 Å². The second-order valence-electron chi connectivity index (χ2n) is 8.43. The number of carbonyl (C=O) groups is 3. The summed E-state index contributed by atoms with van der Waals surface area (Å²) in [6.45, 7) is 1.36. The number of aromatic nitrogens is 1. The van der Waals surface area contributed by atoms with Crippen LogP contribution in [0.2, 0.25) is 5.02 Å². The molecule has 36 heavy (non-hydrogen) atoms. The Morgan fingerprint density at radius 3 is 2.44 bits per heavy atom. The number of pyridine rings is 1. The highest BCUT2D eigenvalue weighted by Gasteiger charge is 2.32. The predicted molar refractivity (Wildman–Crippen MR) is 126 cm³/mol. The summed E-state index contributed by atoms with van der Waals surface area (Å²) >= 11 is 5.68. The van der Waals surface area contributed by atoms with Crippen LogP contribution in [0.25, 0.3) is 0 Å². The monoisotopic (exact) mass is 526 g/mol. The zero-order valence-corrected chi connectivity index (χ0v) is 20.3. The molecule has 0 bridgehead atoms. The molecule has 1 unspecified atom stereocenters. The molecule has 1 N–H and O–H groups in total. The highest BCUT2D eigenvalue weighted by molar-refractivity contribution is 6.30. The molecule has 0 saturated carbocycles. The quantitative estimate of drug-likeness (QED) is 0.666. The Bertz CT molecular complexity index is 1170. The van der Waals surface area contributed by atoms with Crippen molar-refractivity contribution in [1.29, 1.82) is 0 Å². The Morgan fingerprint density at radius 1 is 1.11 bits per heavy atom. The van der Waals surface area contributed by atoms with E-state index in [2.05, 4.69) is 5.32 Å². The molecule has 8 nitrogen and oxygen atoms in total. The lowest BCUT2D eigenvalue weighted by Gasteiger charge is -2.31. The molecule has 12 heteroatoms. The van der Waals surface area contributed by atoms with Crippen molar-refractivity contribution >= 4 is 29.3 Å². The van der Waals surface area contributed by atoms with Crippen LogP contribution in [-0.4, -0.2) is 58.3 Å². The van der Waals surface area contributed by atoms with Crippen molar-refractivity contribution in [3.63, 3.8) is 0 Å². The van der Waals surface area contributed by atoms with Gasteiger partial charge in [0.25, 0.3) is 5.56 Å². The number of rotatable bonds is 3. The van der Waals surface area contributed by atoms with Gasteiger partial charge in [-0.25, -0.2) is 0 Å². The molecule has 1 aromatic carbocycles. The van der Waals surface area contributed by atoms with E-state index < -0.39 is 40.8 Å². The lowest BCUT2D eigenvalue weighted by Crippen LogP contribution is -2.42. The Kier molecular flexibility index (Phi) is 8.78. The van der Waals surface area contributed by atoms with Gasteiger partial charge in [-0.1, -0.05) is 41.9 Å². The molecular formula is C24H26ClF3N4O4. The Morgan fingerprint density at radius 2 is 1.81 bits per heavy atom. The number of nitrogens with zero attached hydrogens (tertiary/aromatic N) is 3. The molecule has 2 heterocycles.